The van der Waals surface area contributed by atoms with E-state index in [2.05, 4.69) is 14.9 Å². The average Bonchev–Trinajstić information content (AvgIpc) is 3.19. The molecule has 2 saturated heterocycles. The lowest BCUT2D eigenvalue weighted by molar-refractivity contribution is -0.00692. The van der Waals surface area contributed by atoms with E-state index < -0.39 is 5.60 Å². The fourth-order valence-corrected chi connectivity index (χ4v) is 4.16. The Kier molecular flexibility index (Phi) is 4.63. The number of piperidine rings is 1. The molecule has 27 heavy (non-hydrogen) atoms. The van der Waals surface area contributed by atoms with Crippen LogP contribution < -0.4 is 4.90 Å². The summed E-state index contributed by atoms with van der Waals surface area (Å²) >= 11 is 0. The van der Waals surface area contributed by atoms with E-state index in [0.717, 1.165) is 43.9 Å². The lowest BCUT2D eigenvalue weighted by atomic mass is 9.81. The number of cyclic esters (lactones) is 1. The lowest BCUT2D eigenvalue weighted by Crippen LogP contribution is -2.45. The van der Waals surface area contributed by atoms with Crippen LogP contribution in [0.2, 0.25) is 0 Å². The van der Waals surface area contributed by atoms with Gasteiger partial charge in [0.25, 0.3) is 0 Å². The van der Waals surface area contributed by atoms with E-state index in [9.17, 15) is 9.18 Å². The molecule has 0 unspecified atom stereocenters. The Hall–Kier alpha value is -2.41. The van der Waals surface area contributed by atoms with E-state index in [4.69, 9.17) is 4.74 Å². The van der Waals surface area contributed by atoms with Crippen molar-refractivity contribution < 1.29 is 13.9 Å². The molecule has 4 rings (SSSR count). The molecule has 0 saturated carbocycles. The molecule has 1 aromatic carbocycles. The molecule has 2 aliphatic heterocycles. The van der Waals surface area contributed by atoms with Gasteiger partial charge in [-0.15, -0.1) is 0 Å². The summed E-state index contributed by atoms with van der Waals surface area (Å²) in [6, 6.07) is 5.98. The number of nitrogens with one attached hydrogen (secondary N) is 1. The fraction of sp³-hybridized carbons (Fsp3) is 0.500. The van der Waals surface area contributed by atoms with Crippen molar-refractivity contribution in [1.29, 1.82) is 0 Å². The van der Waals surface area contributed by atoms with Crippen LogP contribution in [0, 0.1) is 18.7 Å². The Labute approximate surface area is 158 Å². The van der Waals surface area contributed by atoms with Gasteiger partial charge in [0.1, 0.15) is 11.4 Å². The molecule has 0 bridgehead atoms. The van der Waals surface area contributed by atoms with Gasteiger partial charge in [0.05, 0.1) is 18.6 Å². The lowest BCUT2D eigenvalue weighted by Gasteiger charge is -2.38. The van der Waals surface area contributed by atoms with Gasteiger partial charge in [0.2, 0.25) is 0 Å². The van der Waals surface area contributed by atoms with Crippen molar-refractivity contribution in [3.8, 4) is 0 Å². The third kappa shape index (κ3) is 3.56. The standard InChI is InChI=1S/C20H25FN4O2/c1-14-18(23-13-22-14)11-24-9-7-15(8-10-24)20(2)12-25(19(26)27-20)17-5-3-16(21)4-6-17/h3-6,13,15H,7-12H2,1-2H3,(H,22,23)/t20-/m1/s1. The van der Waals surface area contributed by atoms with Gasteiger partial charge >= 0.3 is 6.09 Å². The molecule has 2 aromatic rings. The van der Waals surface area contributed by atoms with Crippen LogP contribution in [0.1, 0.15) is 31.2 Å². The number of ether oxygens (including phenoxy) is 1. The molecule has 2 fully saturated rings. The Balaban J connectivity index is 1.38. The first kappa shape index (κ1) is 18.0. The van der Waals surface area contributed by atoms with Gasteiger partial charge in [0, 0.05) is 23.8 Å². The quantitative estimate of drug-likeness (QED) is 0.893. The predicted molar refractivity (Wildman–Crippen MR) is 100.0 cm³/mol. The average molecular weight is 372 g/mol. The number of imidazole rings is 1. The van der Waals surface area contributed by atoms with E-state index in [1.165, 1.54) is 12.1 Å². The first-order chi connectivity index (χ1) is 12.9. The van der Waals surface area contributed by atoms with Crippen LogP contribution in [-0.4, -0.2) is 46.2 Å². The van der Waals surface area contributed by atoms with Crippen molar-refractivity contribution in [2.75, 3.05) is 24.5 Å². The van der Waals surface area contributed by atoms with Crippen LogP contribution in [-0.2, 0) is 11.3 Å². The number of likely N-dealkylation sites (tertiary alicyclic amines) is 1. The number of anilines is 1. The molecule has 6 nitrogen and oxygen atoms in total. The molecule has 1 aromatic heterocycles. The molecule has 1 amide bonds. The second kappa shape index (κ2) is 6.96. The maximum Gasteiger partial charge on any atom is 0.415 e. The van der Waals surface area contributed by atoms with Gasteiger partial charge < -0.3 is 9.72 Å². The summed E-state index contributed by atoms with van der Waals surface area (Å²) in [7, 11) is 0. The second-order valence-electron chi connectivity index (χ2n) is 7.77. The Bertz CT molecular complexity index is 814. The Morgan fingerprint density at radius 1 is 1.30 bits per heavy atom. The van der Waals surface area contributed by atoms with Gasteiger partial charge in [-0.1, -0.05) is 0 Å². The minimum atomic E-state index is -0.514. The number of H-pyrrole nitrogens is 1. The zero-order chi connectivity index (χ0) is 19.0. The first-order valence-corrected chi connectivity index (χ1v) is 9.42. The highest BCUT2D eigenvalue weighted by atomic mass is 19.1. The van der Waals surface area contributed by atoms with Gasteiger partial charge in [-0.3, -0.25) is 9.80 Å². The second-order valence-corrected chi connectivity index (χ2v) is 7.77. The van der Waals surface area contributed by atoms with Crippen LogP contribution in [0.4, 0.5) is 14.9 Å². The molecule has 1 atom stereocenters. The Morgan fingerprint density at radius 3 is 2.63 bits per heavy atom. The van der Waals surface area contributed by atoms with Crippen molar-refractivity contribution >= 4 is 11.8 Å². The van der Waals surface area contributed by atoms with Crippen LogP contribution in [0.3, 0.4) is 0 Å². The molecular formula is C20H25FN4O2. The van der Waals surface area contributed by atoms with E-state index in [-0.39, 0.29) is 11.9 Å². The number of halogens is 1. The normalized spacial score (nSPS) is 24.4. The summed E-state index contributed by atoms with van der Waals surface area (Å²) in [4.78, 5) is 23.9. The highest BCUT2D eigenvalue weighted by Crippen LogP contribution is 2.38. The number of hydrogen-bond acceptors (Lipinski definition) is 4. The SMILES string of the molecule is Cc1[nH]cnc1CN1CCC([C@@]2(C)CN(c3ccc(F)cc3)C(=O)O2)CC1. The van der Waals surface area contributed by atoms with E-state index >= 15 is 0 Å². The minimum absolute atomic E-state index is 0.309. The zero-order valence-corrected chi connectivity index (χ0v) is 15.7. The number of aromatic amines is 1. The summed E-state index contributed by atoms with van der Waals surface area (Å²) < 4.78 is 19.0. The fourth-order valence-electron chi connectivity index (χ4n) is 4.16. The number of rotatable bonds is 4. The van der Waals surface area contributed by atoms with Crippen molar-refractivity contribution in [2.24, 2.45) is 5.92 Å². The summed E-state index contributed by atoms with van der Waals surface area (Å²) in [6.07, 6.45) is 3.34. The molecule has 3 heterocycles. The van der Waals surface area contributed by atoms with Gasteiger partial charge in [-0.05, 0) is 64.0 Å². The number of benzene rings is 1. The van der Waals surface area contributed by atoms with Crippen LogP contribution >= 0.6 is 0 Å². The van der Waals surface area contributed by atoms with E-state index in [1.54, 1.807) is 23.4 Å². The zero-order valence-electron chi connectivity index (χ0n) is 15.7. The molecule has 7 heteroatoms. The third-order valence-corrected chi connectivity index (χ3v) is 5.91. The number of carbonyl (C=O) groups excluding carboxylic acids is 1. The first-order valence-electron chi connectivity index (χ1n) is 9.42. The molecule has 1 N–H and O–H groups in total. The van der Waals surface area contributed by atoms with Crippen molar-refractivity contribution in [3.05, 3.63) is 47.8 Å². The molecule has 144 valence electrons. The largest absolute Gasteiger partial charge is 0.441 e. The molecular weight excluding hydrogens is 347 g/mol. The van der Waals surface area contributed by atoms with Crippen molar-refractivity contribution in [2.45, 2.75) is 38.8 Å². The number of carbonyl (C=O) groups is 1. The van der Waals surface area contributed by atoms with Gasteiger partial charge in [-0.2, -0.15) is 0 Å². The summed E-state index contributed by atoms with van der Waals surface area (Å²) in [5, 5.41) is 0. The van der Waals surface area contributed by atoms with Crippen LogP contribution in [0.5, 0.6) is 0 Å². The highest BCUT2D eigenvalue weighted by Gasteiger charge is 2.48. The van der Waals surface area contributed by atoms with Gasteiger partial charge in [0.15, 0.2) is 0 Å². The number of amides is 1. The number of hydrogen-bond donors (Lipinski definition) is 1. The maximum absolute atomic E-state index is 13.2. The summed E-state index contributed by atoms with van der Waals surface area (Å²) in [6.45, 7) is 7.33. The topological polar surface area (TPSA) is 61.5 Å². The minimum Gasteiger partial charge on any atom is -0.441 e. The monoisotopic (exact) mass is 372 g/mol. The Morgan fingerprint density at radius 2 is 2.00 bits per heavy atom. The summed E-state index contributed by atoms with van der Waals surface area (Å²) in [5.74, 6) is -0.00275. The molecule has 0 radical (unpaired) electrons. The third-order valence-electron chi connectivity index (χ3n) is 5.91. The molecule has 0 spiro atoms. The maximum atomic E-state index is 13.2. The van der Waals surface area contributed by atoms with E-state index in [0.29, 0.717) is 18.2 Å². The number of nitrogens with zero attached hydrogens (tertiary/aromatic N) is 3. The van der Waals surface area contributed by atoms with Crippen molar-refractivity contribution in [3.63, 3.8) is 0 Å². The van der Waals surface area contributed by atoms with Crippen LogP contribution in [0.15, 0.2) is 30.6 Å². The molecule has 2 aliphatic rings. The van der Waals surface area contributed by atoms with Crippen LogP contribution in [0.25, 0.3) is 0 Å². The highest BCUT2D eigenvalue weighted by molar-refractivity contribution is 5.90. The molecule has 0 aliphatic carbocycles. The number of aryl methyl sites for hydroxylation is 1. The van der Waals surface area contributed by atoms with Gasteiger partial charge in [-0.25, -0.2) is 14.2 Å². The van der Waals surface area contributed by atoms with Crippen molar-refractivity contribution in [1.82, 2.24) is 14.9 Å². The number of aromatic nitrogens is 2. The predicted octanol–water partition coefficient (Wildman–Crippen LogP) is 3.48. The summed E-state index contributed by atoms with van der Waals surface area (Å²) in [5.41, 5.74) is 2.37. The smallest absolute Gasteiger partial charge is 0.415 e. The van der Waals surface area contributed by atoms with E-state index in [1.807, 2.05) is 13.8 Å².